The molecule has 1 unspecified atom stereocenters. The number of unbranched alkanes of at least 4 members (excludes halogenated alkanes) is 11. The van der Waals surface area contributed by atoms with Crippen molar-refractivity contribution in [1.82, 2.24) is 0 Å². The molecule has 42 heavy (non-hydrogen) atoms. The fourth-order valence-electron chi connectivity index (χ4n) is 4.46. The maximum atomic E-state index is 12.7. The number of allylic oxidation sites excluding steroid dienone is 1. The van der Waals surface area contributed by atoms with Crippen molar-refractivity contribution in [3.05, 3.63) is 65.7 Å². The number of ketones is 1. The summed E-state index contributed by atoms with van der Waals surface area (Å²) in [5.74, 6) is -5.54. The zero-order valence-corrected chi connectivity index (χ0v) is 30.3. The zero-order chi connectivity index (χ0) is 30.5. The fraction of sp³-hybridized carbons (Fsp3) is 0.483. The topological polar surface area (TPSA) is 63.4 Å². The van der Waals surface area contributed by atoms with Crippen LogP contribution >= 0.6 is 74.6 Å². The number of carbonyl (C=O) groups excluding carboxylic acids is 1. The second-order valence-electron chi connectivity index (χ2n) is 10.3. The average molecular weight is 732 g/mol. The number of halogens is 5. The molecule has 1 aliphatic rings. The molecule has 3 rings (SSSR count). The first-order valence-electron chi connectivity index (χ1n) is 14.5. The highest BCUT2D eigenvalue weighted by molar-refractivity contribution is 8.23. The van der Waals surface area contributed by atoms with Crippen molar-refractivity contribution in [3.8, 4) is 5.75 Å². The van der Waals surface area contributed by atoms with Crippen LogP contribution in [0.1, 0.15) is 99.9 Å². The molecule has 2 aromatic carbocycles. The molecule has 1 aliphatic heterocycles. The van der Waals surface area contributed by atoms with Crippen LogP contribution in [0.4, 0.5) is 0 Å². The molecule has 5 nitrogen and oxygen atoms in total. The average Bonchev–Trinajstić information content (AvgIpc) is 2.93. The molecule has 1 heterocycles. The molecule has 2 aromatic rings. The Kier molecular flexibility index (Phi) is 15.6. The first kappa shape index (κ1) is 36.3. The Morgan fingerprint density at radius 3 is 1.76 bits per heavy atom. The van der Waals surface area contributed by atoms with Crippen LogP contribution in [0.5, 0.6) is 5.75 Å². The van der Waals surface area contributed by atoms with Crippen molar-refractivity contribution < 1.29 is 9.53 Å². The standard InChI is InChI=1S/C29H39Cl5N3O2P3/c1-2-3-4-5-6-7-8-9-10-11-12-13-24-39-27-19-17-26(18-20-27)29(38)23-16-25-14-21-28(22-15-25)40(30)35-41(31,32)37-42(33,34)36-40/h14-23H,2-13,24H2,1H3/b23-16+. The van der Waals surface area contributed by atoms with Gasteiger partial charge in [-0.2, -0.15) is 13.5 Å². The van der Waals surface area contributed by atoms with Crippen LogP contribution in [0.25, 0.3) is 6.08 Å². The van der Waals surface area contributed by atoms with Gasteiger partial charge in [0.25, 0.3) is 11.8 Å². The summed E-state index contributed by atoms with van der Waals surface area (Å²) in [6.07, 6.45) is 19.1. The number of benzene rings is 2. The molecular formula is C29H39Cl5N3O2P3. The van der Waals surface area contributed by atoms with Gasteiger partial charge in [0, 0.05) is 10.9 Å². The van der Waals surface area contributed by atoms with E-state index in [1.54, 1.807) is 42.5 Å². The van der Waals surface area contributed by atoms with Crippen LogP contribution in [0.2, 0.25) is 0 Å². The second-order valence-corrected chi connectivity index (χ2v) is 23.9. The van der Waals surface area contributed by atoms with Gasteiger partial charge in [0.15, 0.2) is 12.3 Å². The van der Waals surface area contributed by atoms with Crippen LogP contribution < -0.4 is 10.0 Å². The largest absolute Gasteiger partial charge is 0.494 e. The lowest BCUT2D eigenvalue weighted by Gasteiger charge is -2.21. The Labute approximate surface area is 275 Å². The normalized spacial score (nSPS) is 19.1. The van der Waals surface area contributed by atoms with Gasteiger partial charge in [-0.1, -0.05) is 95.8 Å². The minimum absolute atomic E-state index is 0.107. The van der Waals surface area contributed by atoms with Crippen LogP contribution in [0.3, 0.4) is 0 Å². The molecule has 1 atom stereocenters. The summed E-state index contributed by atoms with van der Waals surface area (Å²) in [5.41, 5.74) is 1.39. The van der Waals surface area contributed by atoms with E-state index >= 15 is 0 Å². The molecule has 0 saturated heterocycles. The van der Waals surface area contributed by atoms with E-state index in [2.05, 4.69) is 20.5 Å². The van der Waals surface area contributed by atoms with E-state index in [1.165, 1.54) is 76.7 Å². The highest BCUT2D eigenvalue weighted by Crippen LogP contribution is 2.86. The molecule has 0 bridgehead atoms. The predicted octanol–water partition coefficient (Wildman–Crippen LogP) is 14.4. The van der Waals surface area contributed by atoms with Crippen LogP contribution in [-0.4, -0.2) is 12.4 Å². The number of nitrogens with zero attached hydrogens (tertiary/aromatic N) is 3. The third-order valence-electron chi connectivity index (χ3n) is 6.72. The van der Waals surface area contributed by atoms with Crippen LogP contribution in [0, 0.1) is 0 Å². The lowest BCUT2D eigenvalue weighted by atomic mass is 10.1. The van der Waals surface area contributed by atoms with E-state index in [1.807, 2.05) is 12.1 Å². The first-order chi connectivity index (χ1) is 20.0. The van der Waals surface area contributed by atoms with Crippen molar-refractivity contribution in [3.63, 3.8) is 0 Å². The quantitative estimate of drug-likeness (QED) is 0.0663. The Bertz CT molecular complexity index is 1350. The summed E-state index contributed by atoms with van der Waals surface area (Å²) in [6, 6.07) is 14.4. The number of hydrogen-bond acceptors (Lipinski definition) is 5. The van der Waals surface area contributed by atoms with E-state index in [9.17, 15) is 4.79 Å². The Hall–Kier alpha value is -0.210. The SMILES string of the molecule is CCCCCCCCCCCCCCOc1ccc(C(=O)/C=C/c2ccc(P3(Cl)=NP(Cl)(Cl)=NP(Cl)(Cl)=N3)cc2)cc1. The number of carbonyl (C=O) groups is 1. The van der Waals surface area contributed by atoms with Gasteiger partial charge in [0.05, 0.1) is 6.61 Å². The number of ether oxygens (including phenoxy) is 1. The fourth-order valence-corrected chi connectivity index (χ4v) is 22.2. The monoisotopic (exact) mass is 729 g/mol. The van der Waals surface area contributed by atoms with Gasteiger partial charge in [-0.05, 0) is 111 Å². The van der Waals surface area contributed by atoms with Gasteiger partial charge in [-0.15, -0.1) is 0 Å². The Morgan fingerprint density at radius 1 is 0.690 bits per heavy atom. The summed E-state index contributed by atoms with van der Waals surface area (Å²) in [4.78, 5) is 12.7. The van der Waals surface area contributed by atoms with Gasteiger partial charge in [0.2, 0.25) is 0 Å². The summed E-state index contributed by atoms with van der Waals surface area (Å²) in [5, 5.41) is 0.609. The van der Waals surface area contributed by atoms with E-state index < -0.39 is 18.4 Å². The molecule has 0 aromatic heterocycles. The van der Waals surface area contributed by atoms with Crippen molar-refractivity contribution in [1.29, 1.82) is 0 Å². The Balaban J connectivity index is 1.38. The zero-order valence-electron chi connectivity index (χ0n) is 23.9. The molecule has 13 heteroatoms. The van der Waals surface area contributed by atoms with Crippen molar-refractivity contribution >= 4 is 91.7 Å². The third-order valence-corrected chi connectivity index (χ3v) is 19.7. The second kappa shape index (κ2) is 18.1. The van der Waals surface area contributed by atoms with Gasteiger partial charge in [-0.3, -0.25) is 4.79 Å². The smallest absolute Gasteiger partial charge is 0.256 e. The lowest BCUT2D eigenvalue weighted by molar-refractivity contribution is 0.104. The predicted molar refractivity (Wildman–Crippen MR) is 190 cm³/mol. The first-order valence-corrected chi connectivity index (χ1v) is 24.1. The molecule has 232 valence electrons. The minimum atomic E-state index is -3.10. The molecule has 0 N–H and O–H groups in total. The van der Waals surface area contributed by atoms with Crippen molar-refractivity contribution in [2.45, 2.75) is 84.0 Å². The van der Waals surface area contributed by atoms with Gasteiger partial charge in [-0.25, -0.2) is 0 Å². The van der Waals surface area contributed by atoms with Crippen molar-refractivity contribution in [2.75, 3.05) is 6.61 Å². The molecular weight excluding hydrogens is 693 g/mol. The van der Waals surface area contributed by atoms with Gasteiger partial charge < -0.3 is 4.74 Å². The lowest BCUT2D eigenvalue weighted by Crippen LogP contribution is -2.00. The van der Waals surface area contributed by atoms with Crippen LogP contribution in [-0.2, 0) is 0 Å². The molecule has 0 amide bonds. The number of rotatable bonds is 18. The maximum absolute atomic E-state index is 12.7. The van der Waals surface area contributed by atoms with Gasteiger partial charge >= 0.3 is 0 Å². The van der Waals surface area contributed by atoms with E-state index in [0.717, 1.165) is 17.7 Å². The molecule has 0 aliphatic carbocycles. The molecule has 0 saturated carbocycles. The third kappa shape index (κ3) is 13.0. The van der Waals surface area contributed by atoms with Crippen molar-refractivity contribution in [2.24, 2.45) is 13.5 Å². The summed E-state index contributed by atoms with van der Waals surface area (Å²) in [7, 11) is 0. The highest BCUT2D eigenvalue weighted by Gasteiger charge is 2.33. The molecule has 0 radical (unpaired) electrons. The van der Waals surface area contributed by atoms with E-state index in [0.29, 0.717) is 17.5 Å². The number of hydrogen-bond donors (Lipinski definition) is 0. The molecule has 0 spiro atoms. The Morgan fingerprint density at radius 2 is 1.21 bits per heavy atom. The molecule has 0 fully saturated rings. The van der Waals surface area contributed by atoms with E-state index in [-0.39, 0.29) is 5.78 Å². The maximum Gasteiger partial charge on any atom is 0.256 e. The summed E-state index contributed by atoms with van der Waals surface area (Å²) >= 11 is 31.4. The summed E-state index contributed by atoms with van der Waals surface area (Å²) in [6.45, 7) is -0.0403. The van der Waals surface area contributed by atoms with Crippen LogP contribution in [0.15, 0.2) is 68.2 Å². The highest BCUT2D eigenvalue weighted by atomic mass is 35.9. The van der Waals surface area contributed by atoms with E-state index in [4.69, 9.17) is 60.9 Å². The summed E-state index contributed by atoms with van der Waals surface area (Å²) < 4.78 is 18.4. The van der Waals surface area contributed by atoms with Gasteiger partial charge in [0.1, 0.15) is 5.75 Å². The minimum Gasteiger partial charge on any atom is -0.494 e.